The molecule has 1 atom stereocenters. The molecule has 2 aliphatic rings. The molecule has 6 nitrogen and oxygen atoms in total. The van der Waals surface area contributed by atoms with E-state index in [0.717, 1.165) is 11.1 Å². The van der Waals surface area contributed by atoms with Crippen molar-refractivity contribution >= 4 is 34.7 Å². The Kier molecular flexibility index (Phi) is 3.80. The molecule has 0 saturated carbocycles. The topological polar surface area (TPSA) is 69.7 Å². The molecule has 3 heterocycles. The van der Waals surface area contributed by atoms with Crippen molar-refractivity contribution in [2.24, 2.45) is 0 Å². The highest BCUT2D eigenvalue weighted by Gasteiger charge is 2.39. The fourth-order valence-electron chi connectivity index (χ4n) is 3.35. The van der Waals surface area contributed by atoms with E-state index in [0.29, 0.717) is 24.3 Å². The van der Waals surface area contributed by atoms with E-state index in [1.807, 2.05) is 29.0 Å². The van der Waals surface area contributed by atoms with Gasteiger partial charge in [0, 0.05) is 20.0 Å². The summed E-state index contributed by atoms with van der Waals surface area (Å²) in [6.45, 7) is 2.52. The Labute approximate surface area is 149 Å². The normalized spacial score (nSPS) is 19.8. The van der Waals surface area contributed by atoms with Crippen LogP contribution in [0.15, 0.2) is 35.0 Å². The summed E-state index contributed by atoms with van der Waals surface area (Å²) in [6, 6.07) is 6.86. The van der Waals surface area contributed by atoms with Crippen LogP contribution in [0.25, 0.3) is 11.1 Å². The minimum absolute atomic E-state index is 0.0820. The van der Waals surface area contributed by atoms with Crippen LogP contribution in [-0.2, 0) is 9.59 Å². The summed E-state index contributed by atoms with van der Waals surface area (Å²) in [5.41, 5.74) is 3.02. The summed E-state index contributed by atoms with van der Waals surface area (Å²) in [6.07, 6.45) is 0. The second-order valence-electron chi connectivity index (χ2n) is 6.24. The average molecular weight is 355 g/mol. The molecule has 2 aliphatic heterocycles. The molecule has 1 fully saturated rings. The highest BCUT2D eigenvalue weighted by Crippen LogP contribution is 2.30. The van der Waals surface area contributed by atoms with Crippen molar-refractivity contribution < 1.29 is 14.4 Å². The van der Waals surface area contributed by atoms with Gasteiger partial charge in [0.15, 0.2) is 0 Å². The van der Waals surface area contributed by atoms with Gasteiger partial charge in [0.25, 0.3) is 5.91 Å². The maximum atomic E-state index is 13.0. The number of hydrogen-bond acceptors (Lipinski definition) is 4. The van der Waals surface area contributed by atoms with Crippen molar-refractivity contribution in [3.63, 3.8) is 0 Å². The molecule has 0 unspecified atom stereocenters. The SMILES string of the molecule is CC(=O)N1CCN2C(=O)c3cc(-c4ccsc4)ccc3NC(=O)[C@H]2C1. The molecular formula is C18H17N3O3S. The van der Waals surface area contributed by atoms with Crippen molar-refractivity contribution in [2.75, 3.05) is 25.0 Å². The van der Waals surface area contributed by atoms with E-state index in [4.69, 9.17) is 0 Å². The van der Waals surface area contributed by atoms with E-state index in [2.05, 4.69) is 5.32 Å². The number of anilines is 1. The van der Waals surface area contributed by atoms with Crippen molar-refractivity contribution in [3.8, 4) is 11.1 Å². The van der Waals surface area contributed by atoms with Gasteiger partial charge in [-0.25, -0.2) is 0 Å². The number of thiophene rings is 1. The Hall–Kier alpha value is -2.67. The minimum atomic E-state index is -0.651. The van der Waals surface area contributed by atoms with Crippen LogP contribution in [0, 0.1) is 0 Å². The van der Waals surface area contributed by atoms with Crippen molar-refractivity contribution in [1.29, 1.82) is 0 Å². The number of nitrogens with zero attached hydrogens (tertiary/aromatic N) is 2. The first-order valence-electron chi connectivity index (χ1n) is 8.08. The number of piperazine rings is 1. The number of hydrogen-bond donors (Lipinski definition) is 1. The molecule has 1 aromatic carbocycles. The zero-order valence-electron chi connectivity index (χ0n) is 13.7. The van der Waals surface area contributed by atoms with Crippen LogP contribution < -0.4 is 5.32 Å². The van der Waals surface area contributed by atoms with Gasteiger partial charge in [0.2, 0.25) is 11.8 Å². The van der Waals surface area contributed by atoms with E-state index in [1.165, 1.54) is 6.92 Å². The third kappa shape index (κ3) is 2.70. The predicted molar refractivity (Wildman–Crippen MR) is 95.5 cm³/mol. The zero-order valence-corrected chi connectivity index (χ0v) is 14.5. The number of nitrogens with one attached hydrogen (secondary N) is 1. The van der Waals surface area contributed by atoms with E-state index >= 15 is 0 Å². The van der Waals surface area contributed by atoms with Gasteiger partial charge in [-0.3, -0.25) is 14.4 Å². The Morgan fingerprint density at radius 2 is 2.04 bits per heavy atom. The monoisotopic (exact) mass is 355 g/mol. The minimum Gasteiger partial charge on any atom is -0.339 e. The first kappa shape index (κ1) is 15.8. The maximum Gasteiger partial charge on any atom is 0.256 e. The third-order valence-corrected chi connectivity index (χ3v) is 5.43. The molecule has 7 heteroatoms. The van der Waals surface area contributed by atoms with Gasteiger partial charge in [-0.05, 0) is 40.1 Å². The molecule has 4 rings (SSSR count). The first-order valence-corrected chi connectivity index (χ1v) is 9.03. The van der Waals surface area contributed by atoms with Crippen LogP contribution in [0.2, 0.25) is 0 Å². The predicted octanol–water partition coefficient (Wildman–Crippen LogP) is 2.04. The summed E-state index contributed by atoms with van der Waals surface area (Å²) in [5, 5.41) is 6.86. The third-order valence-electron chi connectivity index (χ3n) is 4.75. The van der Waals surface area contributed by atoms with Crippen LogP contribution in [0.5, 0.6) is 0 Å². The maximum absolute atomic E-state index is 13.0. The summed E-state index contributed by atoms with van der Waals surface area (Å²) in [5.74, 6) is -0.499. The van der Waals surface area contributed by atoms with Crippen LogP contribution >= 0.6 is 11.3 Å². The van der Waals surface area contributed by atoms with E-state index in [1.54, 1.807) is 27.2 Å². The number of rotatable bonds is 1. The van der Waals surface area contributed by atoms with Crippen molar-refractivity contribution in [1.82, 2.24) is 9.80 Å². The smallest absolute Gasteiger partial charge is 0.256 e. The second-order valence-corrected chi connectivity index (χ2v) is 7.02. The van der Waals surface area contributed by atoms with E-state index < -0.39 is 6.04 Å². The summed E-state index contributed by atoms with van der Waals surface area (Å²) in [4.78, 5) is 40.5. The fraction of sp³-hybridized carbons (Fsp3) is 0.278. The molecule has 1 saturated heterocycles. The molecule has 128 valence electrons. The van der Waals surface area contributed by atoms with Crippen molar-refractivity contribution in [3.05, 3.63) is 40.6 Å². The quantitative estimate of drug-likeness (QED) is 0.851. The zero-order chi connectivity index (χ0) is 17.6. The van der Waals surface area contributed by atoms with Crippen molar-refractivity contribution in [2.45, 2.75) is 13.0 Å². The average Bonchev–Trinajstić information content (AvgIpc) is 3.12. The van der Waals surface area contributed by atoms with Crippen LogP contribution in [-0.4, -0.2) is 53.2 Å². The highest BCUT2D eigenvalue weighted by molar-refractivity contribution is 7.08. The van der Waals surface area contributed by atoms with Gasteiger partial charge >= 0.3 is 0 Å². The van der Waals surface area contributed by atoms with Crippen LogP contribution in [0.3, 0.4) is 0 Å². The molecule has 0 spiro atoms. The summed E-state index contributed by atoms with van der Waals surface area (Å²) < 4.78 is 0. The summed E-state index contributed by atoms with van der Waals surface area (Å²) >= 11 is 1.60. The number of amides is 3. The van der Waals surface area contributed by atoms with Gasteiger partial charge in [-0.2, -0.15) is 11.3 Å². The Morgan fingerprint density at radius 1 is 1.20 bits per heavy atom. The van der Waals surface area contributed by atoms with Crippen LogP contribution in [0.1, 0.15) is 17.3 Å². The Balaban J connectivity index is 1.72. The molecule has 1 aromatic heterocycles. The molecule has 0 radical (unpaired) electrons. The molecular weight excluding hydrogens is 338 g/mol. The molecule has 0 aliphatic carbocycles. The first-order chi connectivity index (χ1) is 12.0. The van der Waals surface area contributed by atoms with Gasteiger partial charge in [-0.15, -0.1) is 0 Å². The highest BCUT2D eigenvalue weighted by atomic mass is 32.1. The second kappa shape index (κ2) is 6.00. The lowest BCUT2D eigenvalue weighted by Gasteiger charge is -2.38. The molecule has 2 aromatic rings. The van der Waals surface area contributed by atoms with E-state index in [9.17, 15) is 14.4 Å². The molecule has 1 N–H and O–H groups in total. The number of carbonyl (C=O) groups excluding carboxylic acids is 3. The lowest BCUT2D eigenvalue weighted by molar-refractivity contribution is -0.133. The standard InChI is InChI=1S/C18H17N3O3S/c1-11(22)20-5-6-21-16(9-20)17(23)19-15-3-2-12(8-14(15)18(21)24)13-4-7-25-10-13/h2-4,7-8,10,16H,5-6,9H2,1H3,(H,19,23)/t16-/m1/s1. The Morgan fingerprint density at radius 3 is 2.76 bits per heavy atom. The Bertz CT molecular complexity index is 862. The fourth-order valence-corrected chi connectivity index (χ4v) is 4.01. The lowest BCUT2D eigenvalue weighted by Crippen LogP contribution is -2.59. The van der Waals surface area contributed by atoms with Gasteiger partial charge in [-0.1, -0.05) is 6.07 Å². The molecule has 25 heavy (non-hydrogen) atoms. The number of carbonyl (C=O) groups is 3. The lowest BCUT2D eigenvalue weighted by atomic mass is 10.0. The van der Waals surface area contributed by atoms with Gasteiger partial charge < -0.3 is 15.1 Å². The van der Waals surface area contributed by atoms with Gasteiger partial charge in [0.05, 0.1) is 17.8 Å². The number of benzene rings is 1. The van der Waals surface area contributed by atoms with Crippen LogP contribution in [0.4, 0.5) is 5.69 Å². The van der Waals surface area contributed by atoms with E-state index in [-0.39, 0.29) is 24.3 Å². The summed E-state index contributed by atoms with van der Waals surface area (Å²) in [7, 11) is 0. The molecule has 3 amide bonds. The van der Waals surface area contributed by atoms with Gasteiger partial charge in [0.1, 0.15) is 6.04 Å². The molecule has 0 bridgehead atoms. The largest absolute Gasteiger partial charge is 0.339 e. The number of fused-ring (bicyclic) bond motifs is 2.